The Morgan fingerprint density at radius 3 is 2.79 bits per heavy atom. The van der Waals surface area contributed by atoms with Gasteiger partial charge in [0.1, 0.15) is 19.3 Å². The number of benzene rings is 1. The molecule has 1 fully saturated rings. The minimum atomic E-state index is -0.349. The van der Waals surface area contributed by atoms with Gasteiger partial charge in [0.15, 0.2) is 11.5 Å². The second-order valence-corrected chi connectivity index (χ2v) is 6.87. The van der Waals surface area contributed by atoms with Crippen LogP contribution in [0.25, 0.3) is 0 Å². The first kappa shape index (κ1) is 15.5. The van der Waals surface area contributed by atoms with Crippen LogP contribution in [0.2, 0.25) is 0 Å². The molecule has 24 heavy (non-hydrogen) atoms. The van der Waals surface area contributed by atoms with Crippen LogP contribution in [0.1, 0.15) is 17.7 Å². The average Bonchev–Trinajstić information content (AvgIpc) is 3.32. The maximum Gasteiger partial charge on any atom is 0.256 e. The van der Waals surface area contributed by atoms with E-state index < -0.39 is 0 Å². The zero-order chi connectivity index (χ0) is 16.4. The Bertz CT molecular complexity index is 710. The second-order valence-electron chi connectivity index (χ2n) is 5.83. The fraction of sp³-hybridized carbons (Fsp3) is 0.389. The van der Waals surface area contributed by atoms with Gasteiger partial charge < -0.3 is 19.1 Å². The summed E-state index contributed by atoms with van der Waals surface area (Å²) in [6, 6.07) is 9.70. The summed E-state index contributed by atoms with van der Waals surface area (Å²) in [6.45, 7) is 2.28. The Balaban J connectivity index is 1.64. The first-order valence-electron chi connectivity index (χ1n) is 8.16. The molecule has 0 radical (unpaired) electrons. The van der Waals surface area contributed by atoms with Gasteiger partial charge in [-0.2, -0.15) is 0 Å². The molecule has 0 spiro atoms. The topological polar surface area (TPSA) is 48.0 Å². The molecule has 4 rings (SSSR count). The van der Waals surface area contributed by atoms with E-state index in [1.54, 1.807) is 16.2 Å². The van der Waals surface area contributed by atoms with Gasteiger partial charge in [-0.25, -0.2) is 0 Å². The van der Waals surface area contributed by atoms with E-state index in [1.807, 2.05) is 35.7 Å². The molecule has 1 amide bonds. The maximum absolute atomic E-state index is 13.0. The van der Waals surface area contributed by atoms with Crippen LogP contribution in [0, 0.1) is 0 Å². The fourth-order valence-electron chi connectivity index (χ4n) is 3.00. The minimum absolute atomic E-state index is 0.0116. The Morgan fingerprint density at radius 1 is 1.17 bits per heavy atom. The largest absolute Gasteiger partial charge is 0.486 e. The number of hydrogen-bond donors (Lipinski definition) is 0. The van der Waals surface area contributed by atoms with Crippen LogP contribution in [0.3, 0.4) is 0 Å². The van der Waals surface area contributed by atoms with Crippen molar-refractivity contribution in [2.24, 2.45) is 0 Å². The molecular weight excluding hydrogens is 326 g/mol. The lowest BCUT2D eigenvalue weighted by Crippen LogP contribution is -2.38. The monoisotopic (exact) mass is 345 g/mol. The molecule has 3 heterocycles. The molecule has 0 aliphatic carbocycles. The lowest BCUT2D eigenvalue weighted by Gasteiger charge is -2.27. The highest BCUT2D eigenvalue weighted by Crippen LogP contribution is 2.35. The maximum atomic E-state index is 13.0. The van der Waals surface area contributed by atoms with Crippen LogP contribution in [-0.2, 0) is 16.1 Å². The van der Waals surface area contributed by atoms with Gasteiger partial charge in [0, 0.05) is 23.2 Å². The molecule has 1 aromatic carbocycles. The number of carbonyl (C=O) groups is 1. The first-order valence-corrected chi connectivity index (χ1v) is 9.04. The van der Waals surface area contributed by atoms with Crippen LogP contribution < -0.4 is 14.4 Å². The standard InChI is InChI=1S/C18H19NO4S/c20-18(16-4-1-7-21-16)19(12-14-3-2-10-24-14)13-5-6-15-17(11-13)23-9-8-22-15/h2-3,5-6,10-11,16H,1,4,7-9,12H2/t16-/m0/s1. The van der Waals surface area contributed by atoms with Crippen molar-refractivity contribution in [2.45, 2.75) is 25.5 Å². The highest BCUT2D eigenvalue weighted by atomic mass is 32.1. The van der Waals surface area contributed by atoms with E-state index in [9.17, 15) is 4.79 Å². The zero-order valence-corrected chi connectivity index (χ0v) is 14.1. The molecule has 1 aromatic heterocycles. The van der Waals surface area contributed by atoms with Crippen molar-refractivity contribution in [3.63, 3.8) is 0 Å². The predicted octanol–water partition coefficient (Wildman–Crippen LogP) is 3.23. The van der Waals surface area contributed by atoms with Gasteiger partial charge in [-0.1, -0.05) is 6.07 Å². The van der Waals surface area contributed by atoms with Gasteiger partial charge >= 0.3 is 0 Å². The third kappa shape index (κ3) is 3.12. The first-order chi connectivity index (χ1) is 11.8. The smallest absolute Gasteiger partial charge is 0.256 e. The van der Waals surface area contributed by atoms with Gasteiger partial charge in [0.05, 0.1) is 6.54 Å². The number of ether oxygens (including phenoxy) is 3. The van der Waals surface area contributed by atoms with Crippen molar-refractivity contribution in [3.05, 3.63) is 40.6 Å². The molecule has 5 nitrogen and oxygen atoms in total. The van der Waals surface area contributed by atoms with Crippen LogP contribution >= 0.6 is 11.3 Å². The number of nitrogens with zero attached hydrogens (tertiary/aromatic N) is 1. The summed E-state index contributed by atoms with van der Waals surface area (Å²) in [6.07, 6.45) is 1.37. The van der Waals surface area contributed by atoms with Gasteiger partial charge in [0.2, 0.25) is 0 Å². The lowest BCUT2D eigenvalue weighted by atomic mass is 10.1. The molecule has 0 unspecified atom stereocenters. The molecular formula is C18H19NO4S. The van der Waals surface area contributed by atoms with E-state index in [4.69, 9.17) is 14.2 Å². The summed E-state index contributed by atoms with van der Waals surface area (Å²) >= 11 is 1.64. The van der Waals surface area contributed by atoms with E-state index in [0.29, 0.717) is 32.1 Å². The highest BCUT2D eigenvalue weighted by Gasteiger charge is 2.30. The Hall–Kier alpha value is -2.05. The number of thiophene rings is 1. The van der Waals surface area contributed by atoms with Gasteiger partial charge in [-0.05, 0) is 36.4 Å². The van der Waals surface area contributed by atoms with Crippen molar-refractivity contribution in [3.8, 4) is 11.5 Å². The van der Waals surface area contributed by atoms with E-state index in [0.717, 1.165) is 29.2 Å². The lowest BCUT2D eigenvalue weighted by molar-refractivity contribution is -0.127. The number of carbonyl (C=O) groups excluding carboxylic acids is 1. The average molecular weight is 345 g/mol. The predicted molar refractivity (Wildman–Crippen MR) is 91.9 cm³/mol. The second kappa shape index (κ2) is 6.83. The molecule has 0 bridgehead atoms. The fourth-order valence-corrected chi connectivity index (χ4v) is 3.69. The van der Waals surface area contributed by atoms with E-state index in [-0.39, 0.29) is 12.0 Å². The number of hydrogen-bond acceptors (Lipinski definition) is 5. The number of anilines is 1. The molecule has 0 N–H and O–H groups in total. The van der Waals surface area contributed by atoms with Crippen LogP contribution in [0.4, 0.5) is 5.69 Å². The number of amides is 1. The SMILES string of the molecule is O=C([C@@H]1CCCO1)N(Cc1cccs1)c1ccc2c(c1)OCCO2. The number of rotatable bonds is 4. The van der Waals surface area contributed by atoms with Crippen LogP contribution in [-0.4, -0.2) is 31.8 Å². The molecule has 1 atom stereocenters. The van der Waals surface area contributed by atoms with Crippen molar-refractivity contribution in [2.75, 3.05) is 24.7 Å². The van der Waals surface area contributed by atoms with Crippen molar-refractivity contribution < 1.29 is 19.0 Å². The van der Waals surface area contributed by atoms with Gasteiger partial charge in [0.25, 0.3) is 5.91 Å². The Labute approximate surface area is 144 Å². The van der Waals surface area contributed by atoms with E-state index in [1.165, 1.54) is 0 Å². The normalized spacial score (nSPS) is 19.2. The summed E-state index contributed by atoms with van der Waals surface area (Å²) < 4.78 is 16.8. The molecule has 0 saturated carbocycles. The quantitative estimate of drug-likeness (QED) is 0.854. The van der Waals surface area contributed by atoms with Crippen molar-refractivity contribution in [1.29, 1.82) is 0 Å². The summed E-state index contributed by atoms with van der Waals surface area (Å²) in [5.41, 5.74) is 0.813. The Kier molecular flexibility index (Phi) is 4.40. The van der Waals surface area contributed by atoms with Crippen molar-refractivity contribution in [1.82, 2.24) is 0 Å². The van der Waals surface area contributed by atoms with Crippen molar-refractivity contribution >= 4 is 22.9 Å². The summed E-state index contributed by atoms with van der Waals surface area (Å²) in [7, 11) is 0. The summed E-state index contributed by atoms with van der Waals surface area (Å²) in [4.78, 5) is 15.9. The zero-order valence-electron chi connectivity index (χ0n) is 13.3. The molecule has 1 saturated heterocycles. The molecule has 126 valence electrons. The summed E-state index contributed by atoms with van der Waals surface area (Å²) in [5.74, 6) is 1.43. The van der Waals surface area contributed by atoms with Crippen LogP contribution in [0.15, 0.2) is 35.7 Å². The molecule has 2 aliphatic heterocycles. The minimum Gasteiger partial charge on any atom is -0.486 e. The van der Waals surface area contributed by atoms with E-state index in [2.05, 4.69) is 0 Å². The van der Waals surface area contributed by atoms with Crippen LogP contribution in [0.5, 0.6) is 11.5 Å². The third-order valence-corrected chi connectivity index (χ3v) is 5.06. The molecule has 2 aliphatic rings. The molecule has 6 heteroatoms. The third-order valence-electron chi connectivity index (χ3n) is 4.20. The van der Waals surface area contributed by atoms with Gasteiger partial charge in [-0.3, -0.25) is 4.79 Å². The van der Waals surface area contributed by atoms with Gasteiger partial charge in [-0.15, -0.1) is 11.3 Å². The van der Waals surface area contributed by atoms with E-state index >= 15 is 0 Å². The summed E-state index contributed by atoms with van der Waals surface area (Å²) in [5, 5.41) is 2.02. The number of fused-ring (bicyclic) bond motifs is 1. The molecule has 2 aromatic rings. The highest BCUT2D eigenvalue weighted by molar-refractivity contribution is 7.09. The Morgan fingerprint density at radius 2 is 2.04 bits per heavy atom.